The number of rotatable bonds is 8. The Morgan fingerprint density at radius 1 is 1.11 bits per heavy atom. The number of hydrogen-bond donors (Lipinski definition) is 1. The molecule has 0 unspecified atom stereocenters. The Morgan fingerprint density at radius 3 is 2.47 bits per heavy atom. The highest BCUT2D eigenvalue weighted by Gasteiger charge is 2.18. The second kappa shape index (κ2) is 10.3. The first-order valence-corrected chi connectivity index (χ1v) is 12.9. The Morgan fingerprint density at radius 2 is 1.81 bits per heavy atom. The number of carbonyl (C=O) groups is 1. The van der Waals surface area contributed by atoms with Crippen molar-refractivity contribution in [3.05, 3.63) is 89.5 Å². The van der Waals surface area contributed by atoms with E-state index in [0.29, 0.717) is 28.4 Å². The molecule has 1 heterocycles. The van der Waals surface area contributed by atoms with Crippen LogP contribution in [-0.2, 0) is 16.6 Å². The van der Waals surface area contributed by atoms with Crippen LogP contribution in [0.4, 0.5) is 10.1 Å². The fraction of sp³-hybridized carbons (Fsp3) is 0.120. The summed E-state index contributed by atoms with van der Waals surface area (Å²) in [4.78, 5) is 17.7. The Bertz CT molecular complexity index is 1620. The standard InChI is InChI=1S/C25H22FN3O5S2/c1-4-14-29-22-20(33-2)12-13-21(34-3)23(22)35-25(29)27-24(30)16-6-5-7-18(15-16)28-36(31,32)19-10-8-17(26)9-11-19/h4-13,15,28H,1,14H2,2-3H3. The van der Waals surface area contributed by atoms with Gasteiger partial charge in [0.05, 0.1) is 19.1 Å². The molecule has 11 heteroatoms. The van der Waals surface area contributed by atoms with Crippen molar-refractivity contribution in [3.8, 4) is 11.5 Å². The maximum Gasteiger partial charge on any atom is 0.279 e. The Hall–Kier alpha value is -3.96. The number of carbonyl (C=O) groups excluding carboxylic acids is 1. The molecular formula is C25H22FN3O5S2. The number of anilines is 1. The predicted octanol–water partition coefficient (Wildman–Crippen LogP) is 4.59. The molecule has 0 radical (unpaired) electrons. The van der Waals surface area contributed by atoms with Crippen LogP contribution in [-0.4, -0.2) is 33.1 Å². The lowest BCUT2D eigenvalue weighted by Gasteiger charge is -2.09. The summed E-state index contributed by atoms with van der Waals surface area (Å²) in [5.41, 5.74) is 1.06. The monoisotopic (exact) mass is 527 g/mol. The summed E-state index contributed by atoms with van der Waals surface area (Å²) >= 11 is 1.26. The Kier molecular flexibility index (Phi) is 7.22. The molecule has 0 aliphatic rings. The number of amides is 1. The molecule has 1 amide bonds. The molecule has 0 spiro atoms. The number of fused-ring (bicyclic) bond motifs is 1. The van der Waals surface area contributed by atoms with Crippen LogP contribution in [0.3, 0.4) is 0 Å². The summed E-state index contributed by atoms with van der Waals surface area (Å²) in [6, 6.07) is 13.9. The van der Waals surface area contributed by atoms with Gasteiger partial charge in [-0.3, -0.25) is 9.52 Å². The maximum absolute atomic E-state index is 13.2. The van der Waals surface area contributed by atoms with Crippen LogP contribution in [0.15, 0.2) is 83.2 Å². The number of allylic oxidation sites excluding steroid dienone is 1. The number of halogens is 1. The number of nitrogens with one attached hydrogen (secondary N) is 1. The van der Waals surface area contributed by atoms with E-state index < -0.39 is 21.7 Å². The predicted molar refractivity (Wildman–Crippen MR) is 137 cm³/mol. The van der Waals surface area contributed by atoms with Crippen molar-refractivity contribution < 1.29 is 27.1 Å². The van der Waals surface area contributed by atoms with Crippen LogP contribution in [0.2, 0.25) is 0 Å². The molecule has 1 N–H and O–H groups in total. The Labute approximate surface area is 211 Å². The number of aromatic nitrogens is 1. The fourth-order valence-electron chi connectivity index (χ4n) is 3.53. The van der Waals surface area contributed by atoms with Crippen LogP contribution in [0, 0.1) is 5.82 Å². The van der Waals surface area contributed by atoms with E-state index in [1.165, 1.54) is 29.5 Å². The van der Waals surface area contributed by atoms with E-state index in [1.807, 2.05) is 0 Å². The first-order chi connectivity index (χ1) is 17.3. The van der Waals surface area contributed by atoms with Crippen molar-refractivity contribution in [3.63, 3.8) is 0 Å². The highest BCUT2D eigenvalue weighted by Crippen LogP contribution is 2.35. The van der Waals surface area contributed by atoms with Gasteiger partial charge in [-0.25, -0.2) is 12.8 Å². The van der Waals surface area contributed by atoms with Crippen LogP contribution < -0.4 is 19.0 Å². The average molecular weight is 528 g/mol. The average Bonchev–Trinajstić information content (AvgIpc) is 3.21. The van der Waals surface area contributed by atoms with Crippen molar-refractivity contribution in [2.45, 2.75) is 11.4 Å². The van der Waals surface area contributed by atoms with Crippen molar-refractivity contribution in [1.29, 1.82) is 0 Å². The van der Waals surface area contributed by atoms with Crippen molar-refractivity contribution in [1.82, 2.24) is 4.57 Å². The van der Waals surface area contributed by atoms with E-state index in [4.69, 9.17) is 9.47 Å². The van der Waals surface area contributed by atoms with E-state index in [0.717, 1.165) is 29.0 Å². The highest BCUT2D eigenvalue weighted by molar-refractivity contribution is 7.92. The first kappa shape index (κ1) is 25.1. The number of ether oxygens (including phenoxy) is 2. The number of thiazole rings is 1. The second-order valence-electron chi connectivity index (χ2n) is 7.49. The topological polar surface area (TPSA) is 99.0 Å². The van der Waals surface area contributed by atoms with Crippen LogP contribution in [0.25, 0.3) is 10.2 Å². The molecule has 0 saturated heterocycles. The van der Waals surface area contributed by atoms with Gasteiger partial charge in [-0.2, -0.15) is 4.99 Å². The summed E-state index contributed by atoms with van der Waals surface area (Å²) in [5.74, 6) is 0.0863. The summed E-state index contributed by atoms with van der Waals surface area (Å²) in [7, 11) is -0.870. The molecule has 1 aromatic heterocycles. The summed E-state index contributed by atoms with van der Waals surface area (Å²) in [6.07, 6.45) is 1.68. The largest absolute Gasteiger partial charge is 0.495 e. The molecular weight excluding hydrogens is 505 g/mol. The molecule has 3 aromatic carbocycles. The second-order valence-corrected chi connectivity index (χ2v) is 10.1. The van der Waals surface area contributed by atoms with Crippen molar-refractivity contribution >= 4 is 43.2 Å². The lowest BCUT2D eigenvalue weighted by atomic mass is 10.2. The van der Waals surface area contributed by atoms with Gasteiger partial charge in [-0.1, -0.05) is 23.5 Å². The molecule has 0 atom stereocenters. The molecule has 0 bridgehead atoms. The van der Waals surface area contributed by atoms with Crippen molar-refractivity contribution in [2.75, 3.05) is 18.9 Å². The zero-order valence-corrected chi connectivity index (χ0v) is 21.0. The minimum Gasteiger partial charge on any atom is -0.495 e. The molecule has 0 saturated carbocycles. The van der Waals surface area contributed by atoms with Gasteiger partial charge in [0.1, 0.15) is 27.5 Å². The third-order valence-corrected chi connectivity index (χ3v) is 7.68. The van der Waals surface area contributed by atoms with Gasteiger partial charge in [-0.05, 0) is 54.6 Å². The molecule has 0 aliphatic carbocycles. The van der Waals surface area contributed by atoms with Crippen LogP contribution >= 0.6 is 11.3 Å². The van der Waals surface area contributed by atoms with Gasteiger partial charge in [0, 0.05) is 17.8 Å². The minimum absolute atomic E-state index is 0.107. The quantitative estimate of drug-likeness (QED) is 0.338. The smallest absolute Gasteiger partial charge is 0.279 e. The number of benzene rings is 3. The summed E-state index contributed by atoms with van der Waals surface area (Å²) < 4.78 is 54.4. The number of nitrogens with zero attached hydrogens (tertiary/aromatic N) is 2. The molecule has 186 valence electrons. The molecule has 8 nitrogen and oxygen atoms in total. The van der Waals surface area contributed by atoms with Crippen molar-refractivity contribution in [2.24, 2.45) is 4.99 Å². The normalized spacial score (nSPS) is 11.9. The number of methoxy groups -OCH3 is 2. The number of hydrogen-bond acceptors (Lipinski definition) is 6. The van der Waals surface area contributed by atoms with Gasteiger partial charge < -0.3 is 14.0 Å². The van der Waals surface area contributed by atoms with E-state index in [-0.39, 0.29) is 16.1 Å². The first-order valence-electron chi connectivity index (χ1n) is 10.6. The summed E-state index contributed by atoms with van der Waals surface area (Å²) in [6.45, 7) is 4.16. The van der Waals surface area contributed by atoms with Gasteiger partial charge in [0.15, 0.2) is 4.80 Å². The third-order valence-electron chi connectivity index (χ3n) is 5.19. The van der Waals surface area contributed by atoms with Crippen LogP contribution in [0.1, 0.15) is 10.4 Å². The minimum atomic E-state index is -3.98. The van der Waals surface area contributed by atoms with Gasteiger partial charge in [-0.15, -0.1) is 6.58 Å². The summed E-state index contributed by atoms with van der Waals surface area (Å²) in [5, 5.41) is 0. The fourth-order valence-corrected chi connectivity index (χ4v) is 5.73. The van der Waals surface area contributed by atoms with Gasteiger partial charge in [0.2, 0.25) is 0 Å². The number of sulfonamides is 1. The molecule has 0 aliphatic heterocycles. The highest BCUT2D eigenvalue weighted by atomic mass is 32.2. The lowest BCUT2D eigenvalue weighted by molar-refractivity contribution is 0.0998. The lowest BCUT2D eigenvalue weighted by Crippen LogP contribution is -2.17. The van der Waals surface area contributed by atoms with E-state index >= 15 is 0 Å². The zero-order chi connectivity index (χ0) is 25.9. The van der Waals surface area contributed by atoms with E-state index in [9.17, 15) is 17.6 Å². The molecule has 4 aromatic rings. The van der Waals surface area contributed by atoms with Gasteiger partial charge >= 0.3 is 0 Å². The third kappa shape index (κ3) is 5.02. The molecule has 4 rings (SSSR count). The van der Waals surface area contributed by atoms with E-state index in [2.05, 4.69) is 16.3 Å². The van der Waals surface area contributed by atoms with Gasteiger partial charge in [0.25, 0.3) is 15.9 Å². The maximum atomic E-state index is 13.2. The zero-order valence-electron chi connectivity index (χ0n) is 19.4. The Balaban J connectivity index is 1.73. The molecule has 0 fully saturated rings. The van der Waals surface area contributed by atoms with Crippen LogP contribution in [0.5, 0.6) is 11.5 Å². The SMILES string of the molecule is C=CCn1c(=NC(=O)c2cccc(NS(=O)(=O)c3ccc(F)cc3)c2)sc2c(OC)ccc(OC)c21. The van der Waals surface area contributed by atoms with E-state index in [1.54, 1.807) is 43.1 Å². The molecule has 36 heavy (non-hydrogen) atoms.